The van der Waals surface area contributed by atoms with Gasteiger partial charge in [-0.3, -0.25) is 9.80 Å². The lowest BCUT2D eigenvalue weighted by atomic mass is 10.1. The minimum Gasteiger partial charge on any atom is -0.314 e. The summed E-state index contributed by atoms with van der Waals surface area (Å²) in [6.45, 7) is 13.3. The van der Waals surface area contributed by atoms with E-state index in [0.717, 1.165) is 70.8 Å². The van der Waals surface area contributed by atoms with Crippen molar-refractivity contribution in [1.82, 2.24) is 25.8 Å². The van der Waals surface area contributed by atoms with Crippen molar-refractivity contribution in [2.24, 2.45) is 0 Å². The number of nitrogens with one attached hydrogen (secondary N) is 3. The van der Waals surface area contributed by atoms with Gasteiger partial charge in [-0.25, -0.2) is 0 Å². The lowest BCUT2D eigenvalue weighted by Crippen LogP contribution is -2.52. The standard InChI is InChI=1S/C20H23N3.C17H21N.C6H11N3.C4H5Br2N.C4H5N.Br2/c21-12-11-20-17-22(15-18-7-3-1-4-8-18)13-14-23(20)16-19-9-5-2-6-10-19;1-3-9-16(10-4-1)11-7-8-14-18-15-17-12-5-2-6-13-17;7-2-1-6-5-8-3-4-9-6;5-3-4(6)1-2-7;1-2-3-4-5;1-2/h1-10,20H,11,13-17H2;1-6,9-10,12-13,18H,7-8,11,14-15H2;6,8-9H,1,3-5H2;4H,1,3H2;2H,1,3H2;. The fraction of sp³-hybridized carbons (Fsp3) is 0.412. The predicted molar refractivity (Wildman–Crippen MR) is 280 cm³/mol. The van der Waals surface area contributed by atoms with Gasteiger partial charge in [0, 0.05) is 116 Å². The molecule has 4 aromatic carbocycles. The van der Waals surface area contributed by atoms with Crippen molar-refractivity contribution >= 4 is 60.1 Å². The summed E-state index contributed by atoms with van der Waals surface area (Å²) < 4.78 is 0. The highest BCUT2D eigenvalue weighted by Crippen LogP contribution is 2.18. The van der Waals surface area contributed by atoms with Crippen LogP contribution in [0.3, 0.4) is 0 Å². The largest absolute Gasteiger partial charge is 0.314 e. The predicted octanol–water partition coefficient (Wildman–Crippen LogP) is 11.4. The highest BCUT2D eigenvalue weighted by Gasteiger charge is 2.26. The van der Waals surface area contributed by atoms with Gasteiger partial charge in [0.05, 0.1) is 43.5 Å². The lowest BCUT2D eigenvalue weighted by molar-refractivity contribution is 0.0662. The average molecular weight is 1120 g/mol. The molecule has 342 valence electrons. The van der Waals surface area contributed by atoms with E-state index in [0.29, 0.717) is 42.6 Å². The minimum atomic E-state index is 0.317. The van der Waals surface area contributed by atoms with Crippen molar-refractivity contribution in [2.45, 2.75) is 81.5 Å². The van der Waals surface area contributed by atoms with Gasteiger partial charge < -0.3 is 16.0 Å². The highest BCUT2D eigenvalue weighted by molar-refractivity contribution is 9.93. The molecule has 3 atom stereocenters. The summed E-state index contributed by atoms with van der Waals surface area (Å²) in [5, 5.41) is 44.1. The van der Waals surface area contributed by atoms with E-state index in [1.807, 2.05) is 18.2 Å². The summed E-state index contributed by atoms with van der Waals surface area (Å²) in [5.41, 5.74) is 5.48. The van der Waals surface area contributed by atoms with Crippen LogP contribution in [0, 0.1) is 45.3 Å². The van der Waals surface area contributed by atoms with Crippen LogP contribution in [0.2, 0.25) is 0 Å². The van der Waals surface area contributed by atoms with E-state index in [-0.39, 0.29) is 0 Å². The summed E-state index contributed by atoms with van der Waals surface area (Å²) in [5.74, 6) is 0. The molecule has 0 amide bonds. The van der Waals surface area contributed by atoms with Gasteiger partial charge in [0.15, 0.2) is 0 Å². The summed E-state index contributed by atoms with van der Waals surface area (Å²) in [6, 6.07) is 51.6. The molecule has 9 nitrogen and oxygen atoms in total. The van der Waals surface area contributed by atoms with Gasteiger partial charge in [-0.1, -0.05) is 159 Å². The van der Waals surface area contributed by atoms with Gasteiger partial charge in [-0.15, -0.1) is 6.58 Å². The van der Waals surface area contributed by atoms with Gasteiger partial charge in [0.1, 0.15) is 0 Å². The molecule has 2 aliphatic rings. The van der Waals surface area contributed by atoms with Gasteiger partial charge in [-0.2, -0.15) is 21.0 Å². The number of aryl methyl sites for hydroxylation is 1. The van der Waals surface area contributed by atoms with E-state index in [4.69, 9.17) is 15.8 Å². The molecule has 13 heteroatoms. The van der Waals surface area contributed by atoms with E-state index in [9.17, 15) is 5.26 Å². The monoisotopic (exact) mass is 1120 g/mol. The Morgan fingerprint density at radius 2 is 1.27 bits per heavy atom. The third-order valence-electron chi connectivity index (χ3n) is 9.76. The quantitative estimate of drug-likeness (QED) is 0.0569. The number of piperazine rings is 2. The zero-order valence-electron chi connectivity index (χ0n) is 37.0. The number of nitriles is 4. The van der Waals surface area contributed by atoms with Crippen LogP contribution in [0.25, 0.3) is 0 Å². The van der Waals surface area contributed by atoms with Crippen molar-refractivity contribution < 1.29 is 0 Å². The molecule has 3 unspecified atom stereocenters. The smallest absolute Gasteiger partial charge is 0.0663 e. The summed E-state index contributed by atoms with van der Waals surface area (Å²) >= 11 is 12.0. The van der Waals surface area contributed by atoms with Crippen LogP contribution >= 0.6 is 60.1 Å². The third kappa shape index (κ3) is 30.4. The number of hydrogen-bond acceptors (Lipinski definition) is 9. The maximum Gasteiger partial charge on any atom is 0.0663 e. The highest BCUT2D eigenvalue weighted by atomic mass is 80.9. The van der Waals surface area contributed by atoms with Crippen molar-refractivity contribution in [3.8, 4) is 24.3 Å². The Hall–Kier alpha value is -3.70. The van der Waals surface area contributed by atoms with Crippen LogP contribution < -0.4 is 16.0 Å². The molecule has 0 bridgehead atoms. The van der Waals surface area contributed by atoms with Crippen molar-refractivity contribution in [3.63, 3.8) is 0 Å². The molecule has 2 fully saturated rings. The second-order valence-electron chi connectivity index (χ2n) is 14.8. The fourth-order valence-electron chi connectivity index (χ4n) is 6.51. The number of rotatable bonds is 16. The number of hydrogen-bond donors (Lipinski definition) is 3. The molecular weight excluding hydrogens is 1060 g/mol. The van der Waals surface area contributed by atoms with E-state index in [2.05, 4.69) is 220 Å². The van der Waals surface area contributed by atoms with Crippen LogP contribution in [0.5, 0.6) is 0 Å². The average Bonchev–Trinajstić information content (AvgIpc) is 3.35. The molecule has 0 aliphatic carbocycles. The topological polar surface area (TPSA) is 138 Å². The molecule has 6 rings (SSSR count). The third-order valence-corrected chi connectivity index (χ3v) is 12.1. The van der Waals surface area contributed by atoms with Crippen molar-refractivity contribution in [3.05, 3.63) is 156 Å². The number of benzene rings is 4. The van der Waals surface area contributed by atoms with Crippen LogP contribution in [0.4, 0.5) is 0 Å². The summed E-state index contributed by atoms with van der Waals surface area (Å²) in [6.07, 6.45) is 7.50. The molecule has 0 aromatic heterocycles. The van der Waals surface area contributed by atoms with Gasteiger partial charge in [0.2, 0.25) is 0 Å². The van der Waals surface area contributed by atoms with Crippen LogP contribution in [-0.4, -0.2) is 77.9 Å². The van der Waals surface area contributed by atoms with E-state index < -0.39 is 0 Å². The number of halogens is 4. The normalized spacial score (nSPS) is 15.6. The van der Waals surface area contributed by atoms with E-state index in [1.165, 1.54) is 41.5 Å². The zero-order valence-corrected chi connectivity index (χ0v) is 43.3. The Morgan fingerprint density at radius 3 is 1.73 bits per heavy atom. The maximum atomic E-state index is 9.18. The van der Waals surface area contributed by atoms with Crippen LogP contribution in [0.1, 0.15) is 60.8 Å². The summed E-state index contributed by atoms with van der Waals surface area (Å²) in [4.78, 5) is 5.25. The molecule has 2 aliphatic heterocycles. The minimum absolute atomic E-state index is 0.317. The molecule has 2 heterocycles. The fourth-order valence-corrected chi connectivity index (χ4v) is 6.88. The molecule has 0 spiro atoms. The van der Waals surface area contributed by atoms with Gasteiger partial charge >= 0.3 is 0 Å². The van der Waals surface area contributed by atoms with E-state index in [1.54, 1.807) is 6.08 Å². The zero-order chi connectivity index (χ0) is 46.7. The SMILES string of the molecule is BrBr.C=CCC#N.N#CCC(Br)CBr.N#CCC1CN(Cc2ccccc2)CCN1Cc1ccccc1.N#CCC1CNCCN1.c1ccc(CCCCNCc2ccccc2)cc1. The molecule has 4 aromatic rings. The Kier molecular flexibility index (Phi) is 38.2. The van der Waals surface area contributed by atoms with Crippen LogP contribution in [-0.2, 0) is 26.1 Å². The Labute approximate surface area is 417 Å². The van der Waals surface area contributed by atoms with Crippen molar-refractivity contribution in [2.75, 3.05) is 51.1 Å². The molecule has 64 heavy (non-hydrogen) atoms. The molecular formula is C51H65Br4N9. The number of alkyl halides is 2. The molecule has 0 saturated carbocycles. The Bertz CT molecular complexity index is 1820. The lowest BCUT2D eigenvalue weighted by Gasteiger charge is -2.40. The number of allylic oxidation sites excluding steroid dienone is 1. The van der Waals surface area contributed by atoms with Gasteiger partial charge in [0.25, 0.3) is 0 Å². The van der Waals surface area contributed by atoms with Crippen molar-refractivity contribution in [1.29, 1.82) is 21.0 Å². The number of unbranched alkanes of at least 4 members (excludes halogenated alkanes) is 1. The van der Waals surface area contributed by atoms with Crippen LogP contribution in [0.15, 0.2) is 134 Å². The second kappa shape index (κ2) is 42.0. The molecule has 2 saturated heterocycles. The molecule has 3 N–H and O–H groups in total. The first-order valence-electron chi connectivity index (χ1n) is 21.7. The first-order valence-corrected chi connectivity index (χ1v) is 27.4. The first kappa shape index (κ1) is 58.3. The summed E-state index contributed by atoms with van der Waals surface area (Å²) in [7, 11) is 0. The Balaban J connectivity index is 0.000000440. The van der Waals surface area contributed by atoms with Gasteiger partial charge in [-0.05, 0) is 48.1 Å². The Morgan fingerprint density at radius 1 is 0.703 bits per heavy atom. The van der Waals surface area contributed by atoms with E-state index >= 15 is 0 Å². The first-order chi connectivity index (χ1) is 31.5. The second-order valence-corrected chi connectivity index (χ2v) is 16.7. The number of nitrogens with zero attached hydrogens (tertiary/aromatic N) is 6. The molecule has 0 radical (unpaired) electrons. The maximum absolute atomic E-state index is 9.18.